The first-order valence-corrected chi connectivity index (χ1v) is 5.55. The number of aliphatic carboxylic acids is 1. The lowest BCUT2D eigenvalue weighted by molar-refractivity contribution is -0.309. The number of carboxylic acids is 1. The molecule has 1 aromatic carbocycles. The van der Waals surface area contributed by atoms with Gasteiger partial charge in [-0.3, -0.25) is 0 Å². The van der Waals surface area contributed by atoms with Crippen LogP contribution < -0.4 is 5.11 Å². The summed E-state index contributed by atoms with van der Waals surface area (Å²) in [6, 6.07) is 9.46. The summed E-state index contributed by atoms with van der Waals surface area (Å²) in [7, 11) is 0. The predicted molar refractivity (Wildman–Crippen MR) is 56.1 cm³/mol. The van der Waals surface area contributed by atoms with Crippen LogP contribution in [0, 0.1) is 5.92 Å². The zero-order chi connectivity index (χ0) is 10.7. The fourth-order valence-electron chi connectivity index (χ4n) is 2.55. The van der Waals surface area contributed by atoms with Gasteiger partial charge in [0.15, 0.2) is 0 Å². The number of carboxylic acid groups (broad SMARTS) is 1. The van der Waals surface area contributed by atoms with Crippen LogP contribution >= 0.6 is 0 Å². The van der Waals surface area contributed by atoms with Crippen molar-refractivity contribution in [3.63, 3.8) is 0 Å². The van der Waals surface area contributed by atoms with Crippen molar-refractivity contribution in [2.45, 2.75) is 31.6 Å². The van der Waals surface area contributed by atoms with Crippen molar-refractivity contribution >= 4 is 5.97 Å². The Morgan fingerprint density at radius 1 is 1.20 bits per heavy atom. The summed E-state index contributed by atoms with van der Waals surface area (Å²) in [6.45, 7) is 0. The number of carbonyl (C=O) groups is 1. The zero-order valence-corrected chi connectivity index (χ0v) is 8.69. The molecular formula is C13H15O2-. The van der Waals surface area contributed by atoms with Gasteiger partial charge in [-0.15, -0.1) is 0 Å². The van der Waals surface area contributed by atoms with Crippen LogP contribution in [0.15, 0.2) is 30.3 Å². The fourth-order valence-corrected chi connectivity index (χ4v) is 2.55. The SMILES string of the molecule is O=C([O-])[C@H](c1ccccc1)C1CCCC1. The second-order valence-electron chi connectivity index (χ2n) is 4.25. The quantitative estimate of drug-likeness (QED) is 0.750. The molecule has 1 atom stereocenters. The fraction of sp³-hybridized carbons (Fsp3) is 0.462. The second kappa shape index (κ2) is 4.47. The van der Waals surface area contributed by atoms with Gasteiger partial charge in [0.1, 0.15) is 0 Å². The highest BCUT2D eigenvalue weighted by molar-refractivity contribution is 5.74. The van der Waals surface area contributed by atoms with Gasteiger partial charge in [-0.05, 0) is 24.3 Å². The average Bonchev–Trinajstić information content (AvgIpc) is 2.72. The first-order chi connectivity index (χ1) is 7.29. The number of carbonyl (C=O) groups excluding carboxylic acids is 1. The summed E-state index contributed by atoms with van der Waals surface area (Å²) in [6.07, 6.45) is 4.35. The number of rotatable bonds is 3. The normalized spacial score (nSPS) is 18.9. The van der Waals surface area contributed by atoms with Crippen molar-refractivity contribution in [1.29, 1.82) is 0 Å². The molecule has 2 heteroatoms. The minimum absolute atomic E-state index is 0.275. The molecule has 1 saturated carbocycles. The Morgan fingerprint density at radius 3 is 2.33 bits per heavy atom. The monoisotopic (exact) mass is 203 g/mol. The van der Waals surface area contributed by atoms with Crippen molar-refractivity contribution in [3.8, 4) is 0 Å². The van der Waals surface area contributed by atoms with Crippen LogP contribution in [0.25, 0.3) is 0 Å². The van der Waals surface area contributed by atoms with Crippen molar-refractivity contribution in [2.75, 3.05) is 0 Å². The minimum Gasteiger partial charge on any atom is -0.549 e. The highest BCUT2D eigenvalue weighted by Crippen LogP contribution is 2.36. The van der Waals surface area contributed by atoms with Crippen LogP contribution in [-0.2, 0) is 4.79 Å². The highest BCUT2D eigenvalue weighted by Gasteiger charge is 2.26. The molecule has 1 fully saturated rings. The lowest BCUT2D eigenvalue weighted by Gasteiger charge is -2.24. The molecule has 0 heterocycles. The van der Waals surface area contributed by atoms with E-state index in [0.29, 0.717) is 0 Å². The van der Waals surface area contributed by atoms with E-state index in [1.165, 1.54) is 0 Å². The molecule has 0 radical (unpaired) electrons. The summed E-state index contributed by atoms with van der Waals surface area (Å²) >= 11 is 0. The molecule has 2 nitrogen and oxygen atoms in total. The summed E-state index contributed by atoms with van der Waals surface area (Å²) < 4.78 is 0. The molecule has 0 amide bonds. The van der Waals surface area contributed by atoms with Gasteiger partial charge in [-0.2, -0.15) is 0 Å². The van der Waals surface area contributed by atoms with Crippen LogP contribution in [0.5, 0.6) is 0 Å². The van der Waals surface area contributed by atoms with Crippen molar-refractivity contribution < 1.29 is 9.90 Å². The van der Waals surface area contributed by atoms with Gasteiger partial charge in [0.25, 0.3) is 0 Å². The molecule has 1 aliphatic rings. The molecular weight excluding hydrogens is 188 g/mol. The van der Waals surface area contributed by atoms with E-state index in [4.69, 9.17) is 0 Å². The van der Waals surface area contributed by atoms with Gasteiger partial charge in [0, 0.05) is 11.9 Å². The summed E-state index contributed by atoms with van der Waals surface area (Å²) in [5.41, 5.74) is 0.893. The van der Waals surface area contributed by atoms with Gasteiger partial charge < -0.3 is 9.90 Å². The lowest BCUT2D eigenvalue weighted by Crippen LogP contribution is -2.33. The molecule has 0 N–H and O–H groups in total. The molecule has 1 aliphatic carbocycles. The maximum absolute atomic E-state index is 11.2. The van der Waals surface area contributed by atoms with Crippen LogP contribution in [0.1, 0.15) is 37.2 Å². The second-order valence-corrected chi connectivity index (χ2v) is 4.25. The third-order valence-corrected chi connectivity index (χ3v) is 3.28. The molecule has 0 aromatic heterocycles. The standard InChI is InChI=1S/C13H16O2/c14-13(15)12(11-8-4-5-9-11)10-6-2-1-3-7-10/h1-3,6-7,11-12H,4-5,8-9H2,(H,14,15)/p-1/t12-/m1/s1. The first-order valence-electron chi connectivity index (χ1n) is 5.55. The van der Waals surface area contributed by atoms with Gasteiger partial charge >= 0.3 is 0 Å². The van der Waals surface area contributed by atoms with E-state index in [1.54, 1.807) is 0 Å². The summed E-state index contributed by atoms with van der Waals surface area (Å²) in [4.78, 5) is 11.2. The Balaban J connectivity index is 2.23. The Labute approximate surface area is 89.9 Å². The van der Waals surface area contributed by atoms with Gasteiger partial charge in [0.05, 0.1) is 0 Å². The molecule has 0 aliphatic heterocycles. The van der Waals surface area contributed by atoms with Crippen molar-refractivity contribution in [3.05, 3.63) is 35.9 Å². The smallest absolute Gasteiger partial charge is 0.0492 e. The van der Waals surface area contributed by atoms with Crippen LogP contribution in [0.3, 0.4) is 0 Å². The Kier molecular flexibility index (Phi) is 3.05. The molecule has 0 spiro atoms. The van der Waals surface area contributed by atoms with E-state index in [9.17, 15) is 9.90 Å². The molecule has 0 saturated heterocycles. The van der Waals surface area contributed by atoms with Crippen LogP contribution in [-0.4, -0.2) is 5.97 Å². The van der Waals surface area contributed by atoms with Crippen molar-refractivity contribution in [1.82, 2.24) is 0 Å². The van der Waals surface area contributed by atoms with Gasteiger partial charge in [-0.1, -0.05) is 43.2 Å². The lowest BCUT2D eigenvalue weighted by atomic mass is 9.85. The van der Waals surface area contributed by atoms with Crippen molar-refractivity contribution in [2.24, 2.45) is 5.92 Å². The molecule has 0 unspecified atom stereocenters. The topological polar surface area (TPSA) is 40.1 Å². The maximum atomic E-state index is 11.2. The third kappa shape index (κ3) is 2.20. The average molecular weight is 203 g/mol. The molecule has 2 rings (SSSR count). The Morgan fingerprint density at radius 2 is 1.80 bits per heavy atom. The molecule has 80 valence electrons. The van der Waals surface area contributed by atoms with E-state index in [0.717, 1.165) is 31.2 Å². The number of hydrogen-bond donors (Lipinski definition) is 0. The number of benzene rings is 1. The van der Waals surface area contributed by atoms with Crippen LogP contribution in [0.2, 0.25) is 0 Å². The Hall–Kier alpha value is -1.31. The summed E-state index contributed by atoms with van der Waals surface area (Å²) in [5.74, 6) is -1.06. The molecule has 0 bridgehead atoms. The minimum atomic E-state index is -0.923. The van der Waals surface area contributed by atoms with E-state index < -0.39 is 11.9 Å². The largest absolute Gasteiger partial charge is 0.549 e. The van der Waals surface area contributed by atoms with Gasteiger partial charge in [-0.25, -0.2) is 0 Å². The third-order valence-electron chi connectivity index (χ3n) is 3.28. The van der Waals surface area contributed by atoms with Gasteiger partial charge in [0.2, 0.25) is 0 Å². The zero-order valence-electron chi connectivity index (χ0n) is 8.69. The molecule has 15 heavy (non-hydrogen) atoms. The molecule has 1 aromatic rings. The van der Waals surface area contributed by atoms with E-state index in [-0.39, 0.29) is 5.92 Å². The van der Waals surface area contributed by atoms with E-state index in [2.05, 4.69) is 0 Å². The van der Waals surface area contributed by atoms with E-state index in [1.807, 2.05) is 30.3 Å². The highest BCUT2D eigenvalue weighted by atomic mass is 16.4. The predicted octanol–water partition coefficient (Wildman–Crippen LogP) is 1.71. The first kappa shape index (κ1) is 10.2. The summed E-state index contributed by atoms with van der Waals surface area (Å²) in [5, 5.41) is 11.2. The van der Waals surface area contributed by atoms with E-state index >= 15 is 0 Å². The Bertz CT molecular complexity index is 326. The number of hydrogen-bond acceptors (Lipinski definition) is 2. The van der Waals surface area contributed by atoms with Crippen LogP contribution in [0.4, 0.5) is 0 Å². The maximum Gasteiger partial charge on any atom is 0.0492 e.